The van der Waals surface area contributed by atoms with Crippen molar-refractivity contribution in [2.75, 3.05) is 7.11 Å². The quantitative estimate of drug-likeness (QED) is 0.784. The summed E-state index contributed by atoms with van der Waals surface area (Å²) in [6.45, 7) is 0. The molecule has 0 atom stereocenters. The highest BCUT2D eigenvalue weighted by molar-refractivity contribution is 6.30. The molecule has 2 nitrogen and oxygen atoms in total. The highest BCUT2D eigenvalue weighted by atomic mass is 35.5. The van der Waals surface area contributed by atoms with E-state index in [1.807, 2.05) is 0 Å². The number of benzene rings is 2. The minimum absolute atomic E-state index is 0.0595. The lowest BCUT2D eigenvalue weighted by Crippen LogP contribution is -1.91. The Morgan fingerprint density at radius 2 is 2.00 bits per heavy atom. The van der Waals surface area contributed by atoms with Crippen LogP contribution in [0.25, 0.3) is 11.1 Å². The van der Waals surface area contributed by atoms with Crippen LogP contribution in [0.5, 0.6) is 5.75 Å². The van der Waals surface area contributed by atoms with Crippen LogP contribution in [0.2, 0.25) is 5.02 Å². The zero-order chi connectivity index (χ0) is 13.1. The molecule has 0 amide bonds. The predicted molar refractivity (Wildman–Crippen MR) is 68.8 cm³/mol. The second-order valence-corrected chi connectivity index (χ2v) is 4.11. The molecule has 18 heavy (non-hydrogen) atoms. The van der Waals surface area contributed by atoms with Crippen molar-refractivity contribution in [3.05, 3.63) is 52.8 Å². The Labute approximate surface area is 109 Å². The van der Waals surface area contributed by atoms with Crippen molar-refractivity contribution in [1.82, 2.24) is 0 Å². The summed E-state index contributed by atoms with van der Waals surface area (Å²) in [6, 6.07) is 9.42. The number of methoxy groups -OCH3 is 1. The van der Waals surface area contributed by atoms with Crippen LogP contribution in [-0.4, -0.2) is 13.4 Å². The summed E-state index contributed by atoms with van der Waals surface area (Å²) < 4.78 is 18.6. The second-order valence-electron chi connectivity index (χ2n) is 3.71. The van der Waals surface area contributed by atoms with E-state index in [0.717, 1.165) is 6.29 Å². The van der Waals surface area contributed by atoms with Gasteiger partial charge in [0.2, 0.25) is 0 Å². The zero-order valence-corrected chi connectivity index (χ0v) is 10.4. The molecule has 2 aromatic carbocycles. The molecule has 0 saturated heterocycles. The first-order valence-electron chi connectivity index (χ1n) is 5.24. The summed E-state index contributed by atoms with van der Waals surface area (Å²) in [5.41, 5.74) is 1.76. The fourth-order valence-electron chi connectivity index (χ4n) is 1.69. The number of hydrogen-bond donors (Lipinski definition) is 0. The lowest BCUT2D eigenvalue weighted by molar-refractivity contribution is 0.112. The fraction of sp³-hybridized carbons (Fsp3) is 0.0714. The molecule has 0 aromatic heterocycles. The molecule has 0 aliphatic rings. The first kappa shape index (κ1) is 12.6. The first-order chi connectivity index (χ1) is 8.65. The van der Waals surface area contributed by atoms with E-state index in [4.69, 9.17) is 16.3 Å². The lowest BCUT2D eigenvalue weighted by atomic mass is 10.0. The smallest absolute Gasteiger partial charge is 0.150 e. The van der Waals surface area contributed by atoms with Crippen LogP contribution >= 0.6 is 11.6 Å². The van der Waals surface area contributed by atoms with E-state index < -0.39 is 5.82 Å². The summed E-state index contributed by atoms with van der Waals surface area (Å²) in [4.78, 5) is 10.8. The van der Waals surface area contributed by atoms with Gasteiger partial charge in [-0.15, -0.1) is 0 Å². The van der Waals surface area contributed by atoms with Crippen LogP contribution in [-0.2, 0) is 0 Å². The third kappa shape index (κ3) is 2.36. The van der Waals surface area contributed by atoms with Crippen molar-refractivity contribution >= 4 is 17.9 Å². The van der Waals surface area contributed by atoms with Gasteiger partial charge in [-0.05, 0) is 35.9 Å². The molecule has 0 fully saturated rings. The van der Waals surface area contributed by atoms with Gasteiger partial charge in [-0.25, -0.2) is 4.39 Å². The Hall–Kier alpha value is -1.87. The van der Waals surface area contributed by atoms with Gasteiger partial charge in [0.15, 0.2) is 0 Å². The van der Waals surface area contributed by atoms with Crippen LogP contribution < -0.4 is 4.74 Å². The number of aldehydes is 1. The highest BCUT2D eigenvalue weighted by Crippen LogP contribution is 2.32. The van der Waals surface area contributed by atoms with Crippen LogP contribution in [0.15, 0.2) is 36.4 Å². The topological polar surface area (TPSA) is 26.3 Å². The van der Waals surface area contributed by atoms with Gasteiger partial charge in [-0.2, -0.15) is 0 Å². The highest BCUT2D eigenvalue weighted by Gasteiger charge is 2.09. The van der Waals surface area contributed by atoms with E-state index in [0.29, 0.717) is 22.4 Å². The summed E-state index contributed by atoms with van der Waals surface area (Å²) in [7, 11) is 1.52. The molecule has 0 aliphatic carbocycles. The zero-order valence-electron chi connectivity index (χ0n) is 9.61. The van der Waals surface area contributed by atoms with Crippen LogP contribution in [0.4, 0.5) is 4.39 Å². The van der Waals surface area contributed by atoms with E-state index in [1.54, 1.807) is 24.3 Å². The second kappa shape index (κ2) is 5.19. The van der Waals surface area contributed by atoms with E-state index >= 15 is 0 Å². The van der Waals surface area contributed by atoms with Gasteiger partial charge in [-0.3, -0.25) is 4.79 Å². The number of carbonyl (C=O) groups excluding carboxylic acids is 1. The number of halogens is 2. The molecular weight excluding hydrogens is 255 g/mol. The first-order valence-corrected chi connectivity index (χ1v) is 5.62. The molecule has 92 valence electrons. The molecule has 0 radical (unpaired) electrons. The largest absolute Gasteiger partial charge is 0.496 e. The Bertz CT molecular complexity index is 596. The van der Waals surface area contributed by atoms with Gasteiger partial charge < -0.3 is 4.74 Å². The Morgan fingerprint density at radius 1 is 1.22 bits per heavy atom. The molecule has 0 spiro atoms. The number of rotatable bonds is 3. The average Bonchev–Trinajstić information content (AvgIpc) is 2.41. The van der Waals surface area contributed by atoms with Gasteiger partial charge in [0, 0.05) is 11.1 Å². The van der Waals surface area contributed by atoms with Crippen molar-refractivity contribution in [1.29, 1.82) is 0 Å². The summed E-state index contributed by atoms with van der Waals surface area (Å²) in [6.07, 6.45) is 0.731. The van der Waals surface area contributed by atoms with Gasteiger partial charge in [0.1, 0.15) is 17.9 Å². The molecule has 0 heterocycles. The normalized spacial score (nSPS) is 10.2. The van der Waals surface area contributed by atoms with Crippen molar-refractivity contribution in [2.24, 2.45) is 0 Å². The minimum atomic E-state index is -0.507. The monoisotopic (exact) mass is 264 g/mol. The van der Waals surface area contributed by atoms with Crippen LogP contribution in [0.3, 0.4) is 0 Å². The fourth-order valence-corrected chi connectivity index (χ4v) is 1.81. The van der Waals surface area contributed by atoms with Crippen LogP contribution in [0.1, 0.15) is 10.4 Å². The standard InChI is InChI=1S/C14H10ClFO2/c1-18-14-5-2-9(8-17)6-11(14)10-3-4-12(15)13(16)7-10/h2-8H,1H3. The van der Waals surface area contributed by atoms with Crippen LogP contribution in [0, 0.1) is 5.82 Å². The summed E-state index contributed by atoms with van der Waals surface area (Å²) in [5.74, 6) is 0.0649. The Balaban J connectivity index is 2.60. The van der Waals surface area contributed by atoms with Crippen molar-refractivity contribution < 1.29 is 13.9 Å². The Morgan fingerprint density at radius 3 is 2.61 bits per heavy atom. The third-order valence-electron chi connectivity index (χ3n) is 2.59. The molecule has 0 aliphatic heterocycles. The predicted octanol–water partition coefficient (Wildman–Crippen LogP) is 3.97. The van der Waals surface area contributed by atoms with Crippen molar-refractivity contribution in [2.45, 2.75) is 0 Å². The maximum atomic E-state index is 13.4. The molecule has 4 heteroatoms. The number of carbonyl (C=O) groups is 1. The molecule has 0 N–H and O–H groups in total. The summed E-state index contributed by atoms with van der Waals surface area (Å²) in [5, 5.41) is 0.0595. The summed E-state index contributed by atoms with van der Waals surface area (Å²) >= 11 is 5.64. The van der Waals surface area contributed by atoms with E-state index in [-0.39, 0.29) is 5.02 Å². The van der Waals surface area contributed by atoms with Gasteiger partial charge in [-0.1, -0.05) is 17.7 Å². The van der Waals surface area contributed by atoms with Crippen molar-refractivity contribution in [3.8, 4) is 16.9 Å². The number of hydrogen-bond acceptors (Lipinski definition) is 2. The molecule has 2 aromatic rings. The molecule has 0 unspecified atom stereocenters. The minimum Gasteiger partial charge on any atom is -0.496 e. The lowest BCUT2D eigenvalue weighted by Gasteiger charge is -2.09. The molecule has 2 rings (SSSR count). The SMILES string of the molecule is COc1ccc(C=O)cc1-c1ccc(Cl)c(F)c1. The average molecular weight is 265 g/mol. The maximum Gasteiger partial charge on any atom is 0.150 e. The van der Waals surface area contributed by atoms with E-state index in [2.05, 4.69) is 0 Å². The Kier molecular flexibility index (Phi) is 3.63. The number of ether oxygens (including phenoxy) is 1. The van der Waals surface area contributed by atoms with Gasteiger partial charge >= 0.3 is 0 Å². The van der Waals surface area contributed by atoms with E-state index in [9.17, 15) is 9.18 Å². The molecule has 0 bridgehead atoms. The molecular formula is C14H10ClFO2. The molecule has 0 saturated carbocycles. The van der Waals surface area contributed by atoms with Gasteiger partial charge in [0.25, 0.3) is 0 Å². The maximum absolute atomic E-state index is 13.4. The third-order valence-corrected chi connectivity index (χ3v) is 2.90. The van der Waals surface area contributed by atoms with Gasteiger partial charge in [0.05, 0.1) is 12.1 Å². The van der Waals surface area contributed by atoms with E-state index in [1.165, 1.54) is 19.2 Å². The van der Waals surface area contributed by atoms with Crippen molar-refractivity contribution in [3.63, 3.8) is 0 Å².